The Balaban J connectivity index is 2.45. The molecule has 6 nitrogen and oxygen atoms in total. The van der Waals surface area contributed by atoms with Crippen molar-refractivity contribution >= 4 is 11.7 Å². The molecule has 0 saturated carbocycles. The highest BCUT2D eigenvalue weighted by atomic mass is 16.2. The van der Waals surface area contributed by atoms with Gasteiger partial charge in [0.2, 0.25) is 0 Å². The average molecular weight is 205 g/mol. The Hall–Kier alpha value is -2.11. The van der Waals surface area contributed by atoms with Gasteiger partial charge in [0, 0.05) is 19.3 Å². The van der Waals surface area contributed by atoms with Crippen LogP contribution in [-0.2, 0) is 7.05 Å². The number of aromatic nitrogens is 4. The number of hydrogen-bond donors (Lipinski definition) is 1. The van der Waals surface area contributed by atoms with Crippen molar-refractivity contribution in [2.24, 2.45) is 7.05 Å². The third-order valence-electron chi connectivity index (χ3n) is 2.09. The van der Waals surface area contributed by atoms with E-state index in [4.69, 9.17) is 5.73 Å². The smallest absolute Gasteiger partial charge is 0.298 e. The van der Waals surface area contributed by atoms with Crippen LogP contribution in [0, 0.1) is 6.92 Å². The van der Waals surface area contributed by atoms with Crippen molar-refractivity contribution in [3.05, 3.63) is 29.7 Å². The maximum absolute atomic E-state index is 11.9. The molecule has 0 radical (unpaired) electrons. The molecule has 2 N–H and O–H groups in total. The van der Waals surface area contributed by atoms with Gasteiger partial charge in [0.25, 0.3) is 5.91 Å². The zero-order valence-corrected chi connectivity index (χ0v) is 8.51. The molecule has 78 valence electrons. The van der Waals surface area contributed by atoms with Gasteiger partial charge in [-0.3, -0.25) is 9.48 Å². The molecule has 0 amide bonds. The van der Waals surface area contributed by atoms with Crippen LogP contribution in [0.4, 0.5) is 5.82 Å². The third-order valence-corrected chi connectivity index (χ3v) is 2.09. The van der Waals surface area contributed by atoms with Crippen LogP contribution in [0.5, 0.6) is 0 Å². The van der Waals surface area contributed by atoms with Gasteiger partial charge in [-0.05, 0) is 13.0 Å². The van der Waals surface area contributed by atoms with Crippen LogP contribution in [0.1, 0.15) is 16.2 Å². The summed E-state index contributed by atoms with van der Waals surface area (Å²) in [5.41, 5.74) is 6.81. The molecule has 0 spiro atoms. The number of anilines is 1. The van der Waals surface area contributed by atoms with E-state index in [1.807, 2.05) is 0 Å². The number of rotatable bonds is 1. The fraction of sp³-hybridized carbons (Fsp3) is 0.222. The van der Waals surface area contributed by atoms with E-state index < -0.39 is 0 Å². The minimum absolute atomic E-state index is 0.277. The lowest BCUT2D eigenvalue weighted by Gasteiger charge is -2.02. The second-order valence-electron chi connectivity index (χ2n) is 3.27. The Morgan fingerprint density at radius 1 is 1.53 bits per heavy atom. The van der Waals surface area contributed by atoms with E-state index >= 15 is 0 Å². The molecule has 15 heavy (non-hydrogen) atoms. The molecule has 0 aromatic carbocycles. The number of hydrogen-bond acceptors (Lipinski definition) is 4. The third kappa shape index (κ3) is 1.50. The van der Waals surface area contributed by atoms with Crippen molar-refractivity contribution in [3.8, 4) is 0 Å². The Morgan fingerprint density at radius 3 is 2.73 bits per heavy atom. The largest absolute Gasteiger partial charge is 0.383 e. The van der Waals surface area contributed by atoms with Crippen molar-refractivity contribution in [1.82, 2.24) is 19.6 Å². The fourth-order valence-electron chi connectivity index (χ4n) is 1.37. The van der Waals surface area contributed by atoms with Crippen LogP contribution in [0.25, 0.3) is 0 Å². The Labute approximate surface area is 86.3 Å². The first-order chi connectivity index (χ1) is 7.09. The molecule has 2 aromatic heterocycles. The first-order valence-electron chi connectivity index (χ1n) is 4.44. The number of nitrogens with two attached hydrogens (primary N) is 1. The van der Waals surface area contributed by atoms with Crippen molar-refractivity contribution < 1.29 is 4.79 Å². The highest BCUT2D eigenvalue weighted by molar-refractivity contribution is 5.95. The Bertz CT molecular complexity index is 510. The molecule has 0 aliphatic heterocycles. The minimum Gasteiger partial charge on any atom is -0.383 e. The molecule has 0 fully saturated rings. The van der Waals surface area contributed by atoms with Crippen LogP contribution < -0.4 is 5.73 Å². The van der Waals surface area contributed by atoms with Gasteiger partial charge in [0.1, 0.15) is 11.5 Å². The SMILES string of the molecule is Cc1cc(N)n(C(=O)c2ccnn2C)n1. The van der Waals surface area contributed by atoms with Crippen LogP contribution in [0.3, 0.4) is 0 Å². The predicted molar refractivity (Wildman–Crippen MR) is 54.3 cm³/mol. The first kappa shape index (κ1) is 9.45. The van der Waals surface area contributed by atoms with Crippen molar-refractivity contribution in [2.75, 3.05) is 5.73 Å². The lowest BCUT2D eigenvalue weighted by molar-refractivity contribution is 0.0938. The summed E-state index contributed by atoms with van der Waals surface area (Å²) < 4.78 is 2.66. The van der Waals surface area contributed by atoms with E-state index in [-0.39, 0.29) is 5.91 Å². The molecule has 6 heteroatoms. The molecule has 0 aliphatic carbocycles. The molecule has 2 rings (SSSR count). The summed E-state index contributed by atoms with van der Waals surface area (Å²) in [4.78, 5) is 11.9. The van der Waals surface area contributed by atoms with Gasteiger partial charge >= 0.3 is 0 Å². The van der Waals surface area contributed by atoms with E-state index in [1.165, 1.54) is 9.36 Å². The van der Waals surface area contributed by atoms with E-state index in [0.717, 1.165) is 0 Å². The summed E-state index contributed by atoms with van der Waals surface area (Å²) in [6.07, 6.45) is 1.56. The monoisotopic (exact) mass is 205 g/mol. The summed E-state index contributed by atoms with van der Waals surface area (Å²) in [6.45, 7) is 1.78. The summed E-state index contributed by atoms with van der Waals surface area (Å²) >= 11 is 0. The quantitative estimate of drug-likeness (QED) is 0.721. The number of nitrogens with zero attached hydrogens (tertiary/aromatic N) is 4. The van der Waals surface area contributed by atoms with Crippen molar-refractivity contribution in [1.29, 1.82) is 0 Å². The normalized spacial score (nSPS) is 10.5. The van der Waals surface area contributed by atoms with Crippen LogP contribution in [0.2, 0.25) is 0 Å². The average Bonchev–Trinajstić information content (AvgIpc) is 2.71. The lowest BCUT2D eigenvalue weighted by Crippen LogP contribution is -2.19. The number of carbonyl (C=O) groups excluding carboxylic acids is 1. The zero-order chi connectivity index (χ0) is 11.0. The molecule has 0 aliphatic rings. The number of nitrogen functional groups attached to an aromatic ring is 1. The summed E-state index contributed by atoms with van der Waals surface area (Å²) in [5.74, 6) is 0.0549. The summed E-state index contributed by atoms with van der Waals surface area (Å²) in [7, 11) is 1.69. The van der Waals surface area contributed by atoms with E-state index in [1.54, 1.807) is 32.3 Å². The molecule has 0 saturated heterocycles. The van der Waals surface area contributed by atoms with Gasteiger partial charge in [0.15, 0.2) is 0 Å². The van der Waals surface area contributed by atoms with Gasteiger partial charge in [-0.25, -0.2) is 0 Å². The topological polar surface area (TPSA) is 78.7 Å². The highest BCUT2D eigenvalue weighted by Gasteiger charge is 2.15. The molecule has 2 aromatic rings. The molecule has 0 unspecified atom stereocenters. The van der Waals surface area contributed by atoms with Crippen LogP contribution >= 0.6 is 0 Å². The van der Waals surface area contributed by atoms with Gasteiger partial charge < -0.3 is 5.73 Å². The first-order valence-corrected chi connectivity index (χ1v) is 4.44. The summed E-state index contributed by atoms with van der Waals surface area (Å²) in [5, 5.41) is 7.92. The highest BCUT2D eigenvalue weighted by Crippen LogP contribution is 2.08. The summed E-state index contributed by atoms with van der Waals surface area (Å²) in [6, 6.07) is 3.27. The van der Waals surface area contributed by atoms with Crippen molar-refractivity contribution in [2.45, 2.75) is 6.92 Å². The molecular weight excluding hydrogens is 194 g/mol. The maximum atomic E-state index is 11.9. The maximum Gasteiger partial charge on any atom is 0.298 e. The Kier molecular flexibility index (Phi) is 2.03. The predicted octanol–water partition coefficient (Wildman–Crippen LogP) is 0.196. The van der Waals surface area contributed by atoms with Crippen LogP contribution in [0.15, 0.2) is 18.3 Å². The second-order valence-corrected chi connectivity index (χ2v) is 3.27. The Morgan fingerprint density at radius 2 is 2.27 bits per heavy atom. The van der Waals surface area contributed by atoms with E-state index in [0.29, 0.717) is 17.2 Å². The fourth-order valence-corrected chi connectivity index (χ4v) is 1.37. The molecule has 2 heterocycles. The molecular formula is C9H11N5O. The van der Waals surface area contributed by atoms with Gasteiger partial charge in [-0.1, -0.05) is 0 Å². The van der Waals surface area contributed by atoms with Gasteiger partial charge in [0.05, 0.1) is 5.69 Å². The lowest BCUT2D eigenvalue weighted by atomic mass is 10.4. The zero-order valence-electron chi connectivity index (χ0n) is 8.51. The van der Waals surface area contributed by atoms with Gasteiger partial charge in [-0.15, -0.1) is 0 Å². The minimum atomic E-state index is -0.277. The molecule has 0 bridgehead atoms. The molecule has 0 atom stereocenters. The van der Waals surface area contributed by atoms with E-state index in [9.17, 15) is 4.79 Å². The number of carbonyl (C=O) groups is 1. The number of aryl methyl sites for hydroxylation is 2. The van der Waals surface area contributed by atoms with Gasteiger partial charge in [-0.2, -0.15) is 14.9 Å². The van der Waals surface area contributed by atoms with Crippen LogP contribution in [-0.4, -0.2) is 25.5 Å². The van der Waals surface area contributed by atoms with E-state index in [2.05, 4.69) is 10.2 Å². The van der Waals surface area contributed by atoms with Crippen molar-refractivity contribution in [3.63, 3.8) is 0 Å². The standard InChI is InChI=1S/C9H11N5O/c1-6-5-8(10)14(12-6)9(15)7-3-4-11-13(7)2/h3-5H,10H2,1-2H3. The second kappa shape index (κ2) is 3.23.